The Morgan fingerprint density at radius 3 is 2.69 bits per heavy atom. The molecule has 6 nitrogen and oxygen atoms in total. The molecule has 4 rings (SSSR count). The van der Waals surface area contributed by atoms with Gasteiger partial charge in [-0.25, -0.2) is 0 Å². The van der Waals surface area contributed by atoms with Crippen LogP contribution < -0.4 is 9.47 Å². The minimum Gasteiger partial charge on any atom is -0.490 e. The molecule has 3 aromatic rings. The molecule has 1 fully saturated rings. The summed E-state index contributed by atoms with van der Waals surface area (Å²) in [5.41, 5.74) is 4.11. The Kier molecular flexibility index (Phi) is 5.43. The average Bonchev–Trinajstić information content (AvgIpc) is 3.02. The number of nitrogens with zero attached hydrogens (tertiary/aromatic N) is 2. The Bertz CT molecular complexity index is 1020. The Hall–Kier alpha value is -3.02. The quantitative estimate of drug-likeness (QED) is 0.667. The molecule has 1 aromatic heterocycles. The zero-order chi connectivity index (χ0) is 20.4. The van der Waals surface area contributed by atoms with E-state index in [2.05, 4.69) is 24.0 Å². The van der Waals surface area contributed by atoms with Gasteiger partial charge in [0, 0.05) is 13.1 Å². The summed E-state index contributed by atoms with van der Waals surface area (Å²) in [6, 6.07) is 14.7. The van der Waals surface area contributed by atoms with E-state index in [0.717, 1.165) is 35.2 Å². The molecule has 0 aliphatic heterocycles. The van der Waals surface area contributed by atoms with Gasteiger partial charge in [-0.2, -0.15) is 4.98 Å². The van der Waals surface area contributed by atoms with E-state index < -0.39 is 5.97 Å². The van der Waals surface area contributed by atoms with Gasteiger partial charge in [0.05, 0.1) is 23.1 Å². The molecule has 0 unspecified atom stereocenters. The number of fused-ring (bicyclic) bond motifs is 1. The molecule has 152 valence electrons. The molecule has 0 saturated heterocycles. The van der Waals surface area contributed by atoms with E-state index in [9.17, 15) is 4.79 Å². The topological polar surface area (TPSA) is 73.6 Å². The normalized spacial score (nSPS) is 19.2. The lowest BCUT2D eigenvalue weighted by Gasteiger charge is -2.26. The second-order valence-corrected chi connectivity index (χ2v) is 7.81. The summed E-state index contributed by atoms with van der Waals surface area (Å²) >= 11 is 0. The summed E-state index contributed by atoms with van der Waals surface area (Å²) in [5, 5.41) is 9.13. The van der Waals surface area contributed by atoms with Crippen molar-refractivity contribution in [2.75, 3.05) is 0 Å². The number of carbonyl (C=O) groups is 1. The molecule has 6 heteroatoms. The highest BCUT2D eigenvalue weighted by molar-refractivity contribution is 5.78. The van der Waals surface area contributed by atoms with Gasteiger partial charge in [0.1, 0.15) is 12.4 Å². The van der Waals surface area contributed by atoms with Crippen LogP contribution in [-0.2, 0) is 18.4 Å². The highest BCUT2D eigenvalue weighted by Crippen LogP contribution is 2.30. The smallest absolute Gasteiger partial charge is 0.306 e. The predicted molar refractivity (Wildman–Crippen MR) is 110 cm³/mol. The molecule has 0 bridgehead atoms. The first kappa shape index (κ1) is 19.3. The number of aryl methyl sites for hydroxylation is 2. The lowest BCUT2D eigenvalue weighted by molar-refractivity contribution is -0.143. The van der Waals surface area contributed by atoms with Gasteiger partial charge in [-0.1, -0.05) is 29.8 Å². The lowest BCUT2D eigenvalue weighted by atomic mass is 9.87. The van der Waals surface area contributed by atoms with Gasteiger partial charge in [-0.05, 0) is 50.3 Å². The molecule has 0 amide bonds. The van der Waals surface area contributed by atoms with Crippen LogP contribution in [0.25, 0.3) is 11.0 Å². The van der Waals surface area contributed by atoms with Crippen molar-refractivity contribution in [1.29, 1.82) is 0 Å². The first-order valence-corrected chi connectivity index (χ1v) is 10.0. The van der Waals surface area contributed by atoms with Crippen molar-refractivity contribution in [2.45, 2.75) is 45.3 Å². The van der Waals surface area contributed by atoms with Crippen LogP contribution in [0.2, 0.25) is 0 Å². The van der Waals surface area contributed by atoms with E-state index in [1.807, 2.05) is 41.9 Å². The molecule has 1 N–H and O–H groups in total. The fourth-order valence-electron chi connectivity index (χ4n) is 3.93. The van der Waals surface area contributed by atoms with Crippen molar-refractivity contribution >= 4 is 17.0 Å². The molecular weight excluding hydrogens is 368 g/mol. The molecular formula is C23H26N2O4. The Morgan fingerprint density at radius 2 is 1.97 bits per heavy atom. The number of imidazole rings is 1. The maximum absolute atomic E-state index is 11.1. The van der Waals surface area contributed by atoms with Crippen LogP contribution in [0.15, 0.2) is 42.5 Å². The van der Waals surface area contributed by atoms with Crippen molar-refractivity contribution in [3.63, 3.8) is 0 Å². The third kappa shape index (κ3) is 4.36. The zero-order valence-electron chi connectivity index (χ0n) is 16.8. The van der Waals surface area contributed by atoms with Crippen molar-refractivity contribution < 1.29 is 19.4 Å². The first-order chi connectivity index (χ1) is 14.0. The summed E-state index contributed by atoms with van der Waals surface area (Å²) in [6.07, 6.45) is 2.93. The van der Waals surface area contributed by atoms with Crippen molar-refractivity contribution in [3.8, 4) is 11.8 Å². The number of aliphatic carboxylic acids is 1. The maximum Gasteiger partial charge on any atom is 0.306 e. The predicted octanol–water partition coefficient (Wildman–Crippen LogP) is 4.48. The molecule has 2 aromatic carbocycles. The molecule has 1 saturated carbocycles. The van der Waals surface area contributed by atoms with Crippen LogP contribution in [0, 0.1) is 12.8 Å². The van der Waals surface area contributed by atoms with Gasteiger partial charge in [0.15, 0.2) is 0 Å². The number of aromatic nitrogens is 2. The maximum atomic E-state index is 11.1. The van der Waals surface area contributed by atoms with Crippen LogP contribution in [0.5, 0.6) is 11.8 Å². The first-order valence-electron chi connectivity index (χ1n) is 10.0. The summed E-state index contributed by atoms with van der Waals surface area (Å²) in [5.74, 6) is -0.169. The second kappa shape index (κ2) is 8.15. The van der Waals surface area contributed by atoms with Gasteiger partial charge in [0.2, 0.25) is 0 Å². The van der Waals surface area contributed by atoms with Crippen molar-refractivity contribution in [1.82, 2.24) is 9.55 Å². The number of hydrogen-bond donors (Lipinski definition) is 1. The van der Waals surface area contributed by atoms with Crippen LogP contribution in [0.3, 0.4) is 0 Å². The van der Waals surface area contributed by atoms with Gasteiger partial charge in [-0.15, -0.1) is 0 Å². The van der Waals surface area contributed by atoms with Crippen LogP contribution in [-0.4, -0.2) is 26.7 Å². The fraction of sp³-hybridized carbons (Fsp3) is 0.391. The number of benzene rings is 2. The second-order valence-electron chi connectivity index (χ2n) is 7.81. The monoisotopic (exact) mass is 394 g/mol. The Balaban J connectivity index is 1.43. The van der Waals surface area contributed by atoms with Crippen LogP contribution in [0.1, 0.15) is 36.8 Å². The number of hydrogen-bond acceptors (Lipinski definition) is 4. The molecule has 0 atom stereocenters. The summed E-state index contributed by atoms with van der Waals surface area (Å²) in [4.78, 5) is 15.7. The van der Waals surface area contributed by atoms with E-state index in [1.165, 1.54) is 5.56 Å². The number of ether oxygens (including phenoxy) is 2. The Labute approximate surface area is 170 Å². The van der Waals surface area contributed by atoms with E-state index in [4.69, 9.17) is 14.6 Å². The zero-order valence-corrected chi connectivity index (χ0v) is 16.8. The number of carboxylic acids is 1. The van der Waals surface area contributed by atoms with E-state index in [0.29, 0.717) is 25.5 Å². The van der Waals surface area contributed by atoms with Gasteiger partial charge >= 0.3 is 5.97 Å². The highest BCUT2D eigenvalue weighted by atomic mass is 16.5. The third-order valence-corrected chi connectivity index (χ3v) is 5.59. The van der Waals surface area contributed by atoms with E-state index in [-0.39, 0.29) is 12.0 Å². The fourth-order valence-corrected chi connectivity index (χ4v) is 3.93. The molecule has 29 heavy (non-hydrogen) atoms. The molecule has 1 aliphatic carbocycles. The van der Waals surface area contributed by atoms with Crippen LogP contribution in [0.4, 0.5) is 0 Å². The summed E-state index contributed by atoms with van der Waals surface area (Å²) in [6.45, 7) is 2.53. The van der Waals surface area contributed by atoms with E-state index >= 15 is 0 Å². The van der Waals surface area contributed by atoms with E-state index in [1.54, 1.807) is 0 Å². The summed E-state index contributed by atoms with van der Waals surface area (Å²) in [7, 11) is 1.94. The minimum atomic E-state index is -0.698. The average molecular weight is 394 g/mol. The molecule has 1 aliphatic rings. The van der Waals surface area contributed by atoms with Gasteiger partial charge in [0.25, 0.3) is 6.01 Å². The van der Waals surface area contributed by atoms with Crippen LogP contribution >= 0.6 is 0 Å². The lowest BCUT2D eigenvalue weighted by Crippen LogP contribution is -2.27. The highest BCUT2D eigenvalue weighted by Gasteiger charge is 2.27. The van der Waals surface area contributed by atoms with Crippen molar-refractivity contribution in [3.05, 3.63) is 53.6 Å². The third-order valence-electron chi connectivity index (χ3n) is 5.59. The van der Waals surface area contributed by atoms with Crippen molar-refractivity contribution in [2.24, 2.45) is 13.0 Å². The molecule has 0 radical (unpaired) electrons. The van der Waals surface area contributed by atoms with Gasteiger partial charge in [-0.3, -0.25) is 9.36 Å². The van der Waals surface area contributed by atoms with Gasteiger partial charge < -0.3 is 14.6 Å². The Morgan fingerprint density at radius 1 is 1.17 bits per heavy atom. The standard InChI is InChI=1S/C23H26N2O4/c1-15-4-3-5-16(12-15)14-28-23-24-20-13-19(10-11-21(20)25(23)2)29-18-8-6-17(7-9-18)22(26)27/h3-5,10-13,17-18H,6-9,14H2,1-2H3,(H,26,27). The molecule has 0 spiro atoms. The SMILES string of the molecule is Cc1cccc(COc2nc3cc(OC4CCC(C(=O)O)CC4)ccc3n2C)c1. The summed E-state index contributed by atoms with van der Waals surface area (Å²) < 4.78 is 14.0. The minimum absolute atomic E-state index is 0.0591. The molecule has 1 heterocycles. The number of rotatable bonds is 6. The largest absolute Gasteiger partial charge is 0.490 e. The number of carboxylic acid groups (broad SMARTS) is 1.